The lowest BCUT2D eigenvalue weighted by Gasteiger charge is -2.37. The molecule has 1 saturated heterocycles. The zero-order valence-electron chi connectivity index (χ0n) is 10.8. The number of hydrogen-bond acceptors (Lipinski definition) is 2. The van der Waals surface area contributed by atoms with Crippen molar-refractivity contribution in [2.24, 2.45) is 17.8 Å². The van der Waals surface area contributed by atoms with Crippen molar-refractivity contribution in [1.29, 1.82) is 0 Å². The summed E-state index contributed by atoms with van der Waals surface area (Å²) in [5.74, 6) is 1.36. The summed E-state index contributed by atoms with van der Waals surface area (Å²) >= 11 is 0. The monoisotopic (exact) mass is 248 g/mol. The van der Waals surface area contributed by atoms with Crippen LogP contribution in [0.4, 0.5) is 0 Å². The minimum atomic E-state index is -0.255. The minimum Gasteiger partial charge on any atom is -0.353 e. The second kappa shape index (κ2) is 4.41. The zero-order valence-corrected chi connectivity index (χ0v) is 10.8. The van der Waals surface area contributed by atoms with Crippen molar-refractivity contribution < 1.29 is 9.59 Å². The Bertz CT molecular complexity index is 405. The smallest absolute Gasteiger partial charge is 0.242 e. The Hall–Kier alpha value is -1.32. The van der Waals surface area contributed by atoms with Crippen LogP contribution in [0.2, 0.25) is 0 Å². The first-order chi connectivity index (χ1) is 8.70. The highest BCUT2D eigenvalue weighted by Crippen LogP contribution is 2.44. The van der Waals surface area contributed by atoms with Crippen molar-refractivity contribution in [3.63, 3.8) is 0 Å². The predicted molar refractivity (Wildman–Crippen MR) is 67.6 cm³/mol. The first-order valence-electron chi connectivity index (χ1n) is 6.97. The second-order valence-electron chi connectivity index (χ2n) is 5.63. The molecule has 4 atom stereocenters. The highest BCUT2D eigenvalue weighted by molar-refractivity contribution is 5.90. The fourth-order valence-corrected chi connectivity index (χ4v) is 3.66. The molecule has 0 radical (unpaired) electrons. The third-order valence-electron chi connectivity index (χ3n) is 4.60. The van der Waals surface area contributed by atoms with Gasteiger partial charge in [0.2, 0.25) is 11.8 Å². The maximum atomic E-state index is 12.6. The molecule has 1 aliphatic heterocycles. The van der Waals surface area contributed by atoms with Crippen molar-refractivity contribution in [2.45, 2.75) is 32.2 Å². The summed E-state index contributed by atoms with van der Waals surface area (Å²) in [7, 11) is 0. The lowest BCUT2D eigenvalue weighted by atomic mass is 9.91. The van der Waals surface area contributed by atoms with E-state index >= 15 is 0 Å². The highest BCUT2D eigenvalue weighted by Gasteiger charge is 2.44. The topological polar surface area (TPSA) is 49.4 Å². The summed E-state index contributed by atoms with van der Waals surface area (Å²) in [6, 6.07) is -0.255. The molecule has 3 aliphatic rings. The predicted octanol–water partition coefficient (Wildman–Crippen LogP) is 0.936. The van der Waals surface area contributed by atoms with Gasteiger partial charge in [-0.05, 0) is 31.1 Å². The number of allylic oxidation sites excluding steroid dienone is 2. The first-order valence-corrected chi connectivity index (χ1v) is 6.97. The van der Waals surface area contributed by atoms with Gasteiger partial charge in [-0.25, -0.2) is 0 Å². The van der Waals surface area contributed by atoms with Gasteiger partial charge in [-0.2, -0.15) is 0 Å². The molecule has 0 spiro atoms. The standard InChI is InChI=1S/C14H20N2O2/c1-2-12-13(17)15-5-6-16(12)14(18)11-8-9-3-4-10(11)7-9/h3-4,9-12H,2,5-8H2,1H3,(H,15,17). The van der Waals surface area contributed by atoms with Gasteiger partial charge in [0.25, 0.3) is 0 Å². The SMILES string of the molecule is CCC1C(=O)NCCN1C(=O)C1CC2C=CC1C2. The fourth-order valence-electron chi connectivity index (χ4n) is 3.66. The van der Waals surface area contributed by atoms with E-state index in [9.17, 15) is 9.59 Å². The van der Waals surface area contributed by atoms with Gasteiger partial charge in [-0.1, -0.05) is 19.1 Å². The number of fused-ring (bicyclic) bond motifs is 2. The van der Waals surface area contributed by atoms with Gasteiger partial charge < -0.3 is 10.2 Å². The second-order valence-corrected chi connectivity index (χ2v) is 5.63. The number of piperazine rings is 1. The summed E-state index contributed by atoms with van der Waals surface area (Å²) in [6.07, 6.45) is 7.26. The number of carbonyl (C=O) groups is 2. The van der Waals surface area contributed by atoms with Crippen molar-refractivity contribution in [3.8, 4) is 0 Å². The molecule has 2 bridgehead atoms. The third kappa shape index (κ3) is 1.74. The zero-order chi connectivity index (χ0) is 12.7. The Labute approximate surface area is 107 Å². The van der Waals surface area contributed by atoms with Crippen LogP contribution in [-0.4, -0.2) is 35.8 Å². The molecule has 2 fully saturated rings. The van der Waals surface area contributed by atoms with E-state index in [0.717, 1.165) is 12.8 Å². The van der Waals surface area contributed by atoms with Crippen LogP contribution in [0, 0.1) is 17.8 Å². The fraction of sp³-hybridized carbons (Fsp3) is 0.714. The number of rotatable bonds is 2. The molecule has 98 valence electrons. The minimum absolute atomic E-state index is 0.01000. The Balaban J connectivity index is 1.75. The van der Waals surface area contributed by atoms with E-state index < -0.39 is 0 Å². The molecule has 0 aromatic rings. The number of carbonyl (C=O) groups excluding carboxylic acids is 2. The van der Waals surface area contributed by atoms with Crippen LogP contribution in [0.15, 0.2) is 12.2 Å². The van der Waals surface area contributed by atoms with Crippen molar-refractivity contribution in [3.05, 3.63) is 12.2 Å². The molecule has 0 aromatic heterocycles. The molecule has 0 aromatic carbocycles. The van der Waals surface area contributed by atoms with Crippen LogP contribution in [-0.2, 0) is 9.59 Å². The van der Waals surface area contributed by atoms with Gasteiger partial charge in [-0.3, -0.25) is 9.59 Å². The van der Waals surface area contributed by atoms with Crippen molar-refractivity contribution in [1.82, 2.24) is 10.2 Å². The Kier molecular flexibility index (Phi) is 2.88. The lowest BCUT2D eigenvalue weighted by molar-refractivity contribution is -0.147. The average molecular weight is 248 g/mol. The van der Waals surface area contributed by atoms with Crippen LogP contribution in [0.5, 0.6) is 0 Å². The maximum Gasteiger partial charge on any atom is 0.242 e. The van der Waals surface area contributed by atoms with E-state index in [1.165, 1.54) is 0 Å². The Morgan fingerprint density at radius 2 is 2.28 bits per heavy atom. The van der Waals surface area contributed by atoms with Crippen molar-refractivity contribution in [2.75, 3.05) is 13.1 Å². The van der Waals surface area contributed by atoms with Crippen LogP contribution < -0.4 is 5.32 Å². The van der Waals surface area contributed by atoms with E-state index in [1.807, 2.05) is 11.8 Å². The van der Waals surface area contributed by atoms with E-state index in [1.54, 1.807) is 0 Å². The normalized spacial score (nSPS) is 38.1. The van der Waals surface area contributed by atoms with Crippen LogP contribution in [0.3, 0.4) is 0 Å². The molecule has 4 unspecified atom stereocenters. The number of amides is 2. The maximum absolute atomic E-state index is 12.6. The van der Waals surface area contributed by atoms with Crippen LogP contribution >= 0.6 is 0 Å². The van der Waals surface area contributed by atoms with Gasteiger partial charge in [0.05, 0.1) is 0 Å². The quantitative estimate of drug-likeness (QED) is 0.739. The van der Waals surface area contributed by atoms with E-state index in [-0.39, 0.29) is 23.8 Å². The average Bonchev–Trinajstić information content (AvgIpc) is 2.99. The molecule has 2 aliphatic carbocycles. The van der Waals surface area contributed by atoms with E-state index in [0.29, 0.717) is 31.3 Å². The summed E-state index contributed by atoms with van der Waals surface area (Å²) in [6.45, 7) is 3.23. The molecule has 1 saturated carbocycles. The third-order valence-corrected chi connectivity index (χ3v) is 4.60. The van der Waals surface area contributed by atoms with Gasteiger partial charge >= 0.3 is 0 Å². The molecular weight excluding hydrogens is 228 g/mol. The van der Waals surface area contributed by atoms with Gasteiger partial charge in [0.15, 0.2) is 0 Å². The van der Waals surface area contributed by atoms with E-state index in [2.05, 4.69) is 17.5 Å². The van der Waals surface area contributed by atoms with Crippen LogP contribution in [0.1, 0.15) is 26.2 Å². The highest BCUT2D eigenvalue weighted by atomic mass is 16.2. The molecule has 1 heterocycles. The lowest BCUT2D eigenvalue weighted by Crippen LogP contribution is -2.58. The Morgan fingerprint density at radius 3 is 2.89 bits per heavy atom. The Morgan fingerprint density at radius 1 is 1.44 bits per heavy atom. The molecule has 18 heavy (non-hydrogen) atoms. The summed E-state index contributed by atoms with van der Waals surface area (Å²) in [5.41, 5.74) is 0. The van der Waals surface area contributed by atoms with Gasteiger partial charge in [0, 0.05) is 19.0 Å². The molecule has 2 amide bonds. The first kappa shape index (κ1) is 11.8. The number of nitrogens with one attached hydrogen (secondary N) is 1. The van der Waals surface area contributed by atoms with Gasteiger partial charge in [0.1, 0.15) is 6.04 Å². The molecule has 3 rings (SSSR count). The van der Waals surface area contributed by atoms with Crippen molar-refractivity contribution >= 4 is 11.8 Å². The van der Waals surface area contributed by atoms with Gasteiger partial charge in [-0.15, -0.1) is 0 Å². The molecular formula is C14H20N2O2. The largest absolute Gasteiger partial charge is 0.353 e. The van der Waals surface area contributed by atoms with Crippen LogP contribution in [0.25, 0.3) is 0 Å². The summed E-state index contributed by atoms with van der Waals surface area (Å²) < 4.78 is 0. The summed E-state index contributed by atoms with van der Waals surface area (Å²) in [5, 5.41) is 2.85. The summed E-state index contributed by atoms with van der Waals surface area (Å²) in [4.78, 5) is 26.2. The molecule has 1 N–H and O–H groups in total. The molecule has 4 nitrogen and oxygen atoms in total. The number of hydrogen-bond donors (Lipinski definition) is 1. The van der Waals surface area contributed by atoms with E-state index in [4.69, 9.17) is 0 Å². The molecule has 4 heteroatoms. The number of nitrogens with zero attached hydrogens (tertiary/aromatic N) is 1.